The minimum Gasteiger partial charge on any atom is -0.478 e. The summed E-state index contributed by atoms with van der Waals surface area (Å²) in [5.41, 5.74) is 1.12. The maximum atomic E-state index is 11.1. The fourth-order valence-corrected chi connectivity index (χ4v) is 2.51. The number of rotatable bonds is 7. The van der Waals surface area contributed by atoms with Crippen LogP contribution in [0.2, 0.25) is 0 Å². The van der Waals surface area contributed by atoms with E-state index >= 15 is 0 Å². The van der Waals surface area contributed by atoms with Gasteiger partial charge in [-0.05, 0) is 57.5 Å². The fraction of sp³-hybridized carbons (Fsp3) is 0.600. The minimum absolute atomic E-state index is 0.305. The molecule has 1 aromatic heterocycles. The topological polar surface area (TPSA) is 65.5 Å². The molecule has 1 saturated heterocycles. The summed E-state index contributed by atoms with van der Waals surface area (Å²) in [4.78, 5) is 18.0. The third kappa shape index (κ3) is 4.20. The Kier molecular flexibility index (Phi) is 5.35. The van der Waals surface area contributed by atoms with E-state index in [1.165, 1.54) is 25.9 Å². The number of pyridine rings is 1. The van der Waals surface area contributed by atoms with Crippen molar-refractivity contribution in [1.82, 2.24) is 9.88 Å². The molecule has 2 heterocycles. The molecule has 0 aliphatic carbocycles. The Bertz CT molecular complexity index is 456. The van der Waals surface area contributed by atoms with Gasteiger partial charge in [0.15, 0.2) is 0 Å². The smallest absolute Gasteiger partial charge is 0.335 e. The number of nitrogens with one attached hydrogen (secondary N) is 1. The van der Waals surface area contributed by atoms with Crippen LogP contribution in [0.4, 0.5) is 5.82 Å². The van der Waals surface area contributed by atoms with E-state index in [0.29, 0.717) is 11.4 Å². The zero-order chi connectivity index (χ0) is 14.4. The highest BCUT2D eigenvalue weighted by Crippen LogP contribution is 2.12. The average molecular weight is 277 g/mol. The van der Waals surface area contributed by atoms with Gasteiger partial charge in [-0.3, -0.25) is 0 Å². The monoisotopic (exact) mass is 277 g/mol. The van der Waals surface area contributed by atoms with Crippen molar-refractivity contribution in [3.05, 3.63) is 23.4 Å². The number of carbonyl (C=O) groups is 1. The first-order valence-corrected chi connectivity index (χ1v) is 7.39. The lowest BCUT2D eigenvalue weighted by atomic mass is 10.2. The van der Waals surface area contributed by atoms with Crippen LogP contribution in [0.5, 0.6) is 0 Å². The van der Waals surface area contributed by atoms with Crippen molar-refractivity contribution < 1.29 is 9.90 Å². The van der Waals surface area contributed by atoms with Crippen LogP contribution in [-0.4, -0.2) is 47.1 Å². The lowest BCUT2D eigenvalue weighted by molar-refractivity contribution is 0.0696. The van der Waals surface area contributed by atoms with Gasteiger partial charge in [-0.15, -0.1) is 0 Å². The Balaban J connectivity index is 1.84. The molecule has 1 aliphatic heterocycles. The number of aromatic nitrogens is 1. The van der Waals surface area contributed by atoms with Gasteiger partial charge in [0.05, 0.1) is 5.56 Å². The van der Waals surface area contributed by atoms with Crippen molar-refractivity contribution in [3.8, 4) is 0 Å². The lowest BCUT2D eigenvalue weighted by Gasteiger charge is -2.14. The number of nitrogens with zero attached hydrogens (tertiary/aromatic N) is 2. The first-order valence-electron chi connectivity index (χ1n) is 7.39. The van der Waals surface area contributed by atoms with Crippen LogP contribution in [0.15, 0.2) is 12.1 Å². The quantitative estimate of drug-likeness (QED) is 0.748. The number of likely N-dealkylation sites (tertiary alicyclic amines) is 1. The van der Waals surface area contributed by atoms with E-state index < -0.39 is 5.97 Å². The van der Waals surface area contributed by atoms with Gasteiger partial charge in [-0.25, -0.2) is 9.78 Å². The molecule has 0 aromatic carbocycles. The third-order valence-corrected chi connectivity index (χ3v) is 3.64. The first-order chi connectivity index (χ1) is 9.69. The van der Waals surface area contributed by atoms with Gasteiger partial charge < -0.3 is 15.3 Å². The Hall–Kier alpha value is -1.62. The van der Waals surface area contributed by atoms with Gasteiger partial charge in [0.2, 0.25) is 0 Å². The number of hydrogen-bond donors (Lipinski definition) is 2. The number of aromatic carboxylic acids is 1. The van der Waals surface area contributed by atoms with Crippen LogP contribution in [-0.2, 0) is 6.42 Å². The normalized spacial score (nSPS) is 15.4. The van der Waals surface area contributed by atoms with Gasteiger partial charge in [0, 0.05) is 12.2 Å². The summed E-state index contributed by atoms with van der Waals surface area (Å²) in [6.45, 7) is 6.34. The molecule has 0 atom stereocenters. The molecule has 5 heteroatoms. The fourth-order valence-electron chi connectivity index (χ4n) is 2.51. The second-order valence-electron chi connectivity index (χ2n) is 5.22. The number of carboxylic acid groups (broad SMARTS) is 1. The molecule has 5 nitrogen and oxygen atoms in total. The van der Waals surface area contributed by atoms with E-state index in [4.69, 9.17) is 5.11 Å². The molecule has 0 radical (unpaired) electrons. The van der Waals surface area contributed by atoms with E-state index in [-0.39, 0.29) is 0 Å². The second-order valence-corrected chi connectivity index (χ2v) is 5.22. The molecule has 0 spiro atoms. The molecule has 2 rings (SSSR count). The highest BCUT2D eigenvalue weighted by molar-refractivity contribution is 5.88. The van der Waals surface area contributed by atoms with Crippen molar-refractivity contribution in [2.45, 2.75) is 32.6 Å². The summed E-state index contributed by atoms with van der Waals surface area (Å²) in [7, 11) is 0. The van der Waals surface area contributed by atoms with Crippen LogP contribution in [0.25, 0.3) is 0 Å². The Morgan fingerprint density at radius 3 is 2.80 bits per heavy atom. The summed E-state index contributed by atoms with van der Waals surface area (Å²) < 4.78 is 0. The number of hydrogen-bond acceptors (Lipinski definition) is 4. The molecule has 2 N–H and O–H groups in total. The minimum atomic E-state index is -0.901. The predicted molar refractivity (Wildman–Crippen MR) is 79.4 cm³/mol. The van der Waals surface area contributed by atoms with Crippen molar-refractivity contribution in [2.75, 3.05) is 31.5 Å². The van der Waals surface area contributed by atoms with Crippen LogP contribution in [0.3, 0.4) is 0 Å². The highest BCUT2D eigenvalue weighted by atomic mass is 16.4. The van der Waals surface area contributed by atoms with Gasteiger partial charge in [-0.1, -0.05) is 6.92 Å². The average Bonchev–Trinajstić information content (AvgIpc) is 2.96. The Morgan fingerprint density at radius 2 is 2.15 bits per heavy atom. The Labute approximate surface area is 120 Å². The molecule has 1 aliphatic rings. The molecular formula is C15H23N3O2. The van der Waals surface area contributed by atoms with E-state index in [1.807, 2.05) is 6.92 Å². The molecule has 0 saturated carbocycles. The number of anilines is 1. The van der Waals surface area contributed by atoms with Gasteiger partial charge in [0.25, 0.3) is 0 Å². The molecule has 0 bridgehead atoms. The third-order valence-electron chi connectivity index (χ3n) is 3.64. The van der Waals surface area contributed by atoms with E-state index in [9.17, 15) is 4.79 Å². The molecule has 20 heavy (non-hydrogen) atoms. The standard InChI is InChI=1S/C15H23N3O2/c1-2-13-10-12(15(19)20)11-14(17-13)16-6-5-9-18-7-3-4-8-18/h10-11H,2-9H2,1H3,(H,16,17)(H,19,20). The zero-order valence-electron chi connectivity index (χ0n) is 12.1. The van der Waals surface area contributed by atoms with Crippen LogP contribution in [0.1, 0.15) is 42.2 Å². The molecule has 110 valence electrons. The molecule has 0 amide bonds. The Morgan fingerprint density at radius 1 is 1.40 bits per heavy atom. The van der Waals surface area contributed by atoms with E-state index in [2.05, 4.69) is 15.2 Å². The predicted octanol–water partition coefficient (Wildman–Crippen LogP) is 2.24. The van der Waals surface area contributed by atoms with Crippen molar-refractivity contribution in [1.29, 1.82) is 0 Å². The van der Waals surface area contributed by atoms with Gasteiger partial charge in [-0.2, -0.15) is 0 Å². The summed E-state index contributed by atoms with van der Waals surface area (Å²) in [5.74, 6) is -0.231. The van der Waals surface area contributed by atoms with Crippen molar-refractivity contribution in [3.63, 3.8) is 0 Å². The summed E-state index contributed by atoms with van der Waals surface area (Å²) in [6.07, 6.45) is 4.43. The molecule has 0 unspecified atom stereocenters. The SMILES string of the molecule is CCc1cc(C(=O)O)cc(NCCCN2CCCC2)n1. The highest BCUT2D eigenvalue weighted by Gasteiger charge is 2.11. The van der Waals surface area contributed by atoms with Gasteiger partial charge in [0.1, 0.15) is 5.82 Å². The maximum Gasteiger partial charge on any atom is 0.335 e. The summed E-state index contributed by atoms with van der Waals surface area (Å²) in [5, 5.41) is 12.3. The van der Waals surface area contributed by atoms with Crippen molar-refractivity contribution in [2.24, 2.45) is 0 Å². The van der Waals surface area contributed by atoms with E-state index in [0.717, 1.165) is 31.6 Å². The van der Waals surface area contributed by atoms with Crippen LogP contribution < -0.4 is 5.32 Å². The summed E-state index contributed by atoms with van der Waals surface area (Å²) in [6, 6.07) is 3.25. The molecule has 1 aromatic rings. The number of aryl methyl sites for hydroxylation is 1. The van der Waals surface area contributed by atoms with E-state index in [1.54, 1.807) is 12.1 Å². The molecular weight excluding hydrogens is 254 g/mol. The maximum absolute atomic E-state index is 11.1. The van der Waals surface area contributed by atoms with Crippen LogP contribution >= 0.6 is 0 Å². The summed E-state index contributed by atoms with van der Waals surface area (Å²) >= 11 is 0. The lowest BCUT2D eigenvalue weighted by Crippen LogP contribution is -2.22. The van der Waals surface area contributed by atoms with Crippen LogP contribution in [0, 0.1) is 0 Å². The first kappa shape index (κ1) is 14.8. The zero-order valence-corrected chi connectivity index (χ0v) is 12.1. The molecule has 1 fully saturated rings. The van der Waals surface area contributed by atoms with Crippen molar-refractivity contribution >= 4 is 11.8 Å². The largest absolute Gasteiger partial charge is 0.478 e. The number of carboxylic acids is 1. The van der Waals surface area contributed by atoms with Gasteiger partial charge >= 0.3 is 5.97 Å². The second kappa shape index (κ2) is 7.24.